The fourth-order valence-electron chi connectivity index (χ4n) is 2.44. The van der Waals surface area contributed by atoms with Crippen molar-refractivity contribution in [3.63, 3.8) is 0 Å². The lowest BCUT2D eigenvalue weighted by atomic mass is 10.0. The number of anilines is 2. The van der Waals surface area contributed by atoms with Crippen LogP contribution in [-0.2, 0) is 0 Å². The van der Waals surface area contributed by atoms with Gasteiger partial charge in [0.1, 0.15) is 0 Å². The number of rotatable bonds is 6. The Kier molecular flexibility index (Phi) is 5.55. The van der Waals surface area contributed by atoms with Crippen molar-refractivity contribution in [3.8, 4) is 6.01 Å². The van der Waals surface area contributed by atoms with E-state index in [1.165, 1.54) is 0 Å². The van der Waals surface area contributed by atoms with Gasteiger partial charge in [-0.25, -0.2) is 0 Å². The minimum absolute atomic E-state index is 0.404. The minimum Gasteiger partial charge on any atom is -0.463 e. The molecule has 0 saturated carbocycles. The first-order valence-electron chi connectivity index (χ1n) is 7.62. The average molecular weight is 294 g/mol. The maximum absolute atomic E-state index is 5.55. The van der Waals surface area contributed by atoms with Crippen molar-refractivity contribution >= 4 is 11.9 Å². The molecule has 1 aromatic heterocycles. The fourth-order valence-corrected chi connectivity index (χ4v) is 2.44. The first kappa shape index (κ1) is 15.8. The van der Waals surface area contributed by atoms with Gasteiger partial charge in [0, 0.05) is 26.2 Å². The molecule has 2 rings (SSSR count). The van der Waals surface area contributed by atoms with Crippen LogP contribution < -0.4 is 15.0 Å². The minimum atomic E-state index is 0.404. The van der Waals surface area contributed by atoms with Gasteiger partial charge in [-0.1, -0.05) is 6.92 Å². The first-order valence-corrected chi connectivity index (χ1v) is 7.62. The second-order valence-corrected chi connectivity index (χ2v) is 5.52. The molecule has 0 amide bonds. The molecule has 0 spiro atoms. The zero-order valence-corrected chi connectivity index (χ0v) is 13.5. The van der Waals surface area contributed by atoms with E-state index in [-0.39, 0.29) is 0 Å². The Bertz CT molecular complexity index is 445. The van der Waals surface area contributed by atoms with Crippen LogP contribution in [0.3, 0.4) is 0 Å². The van der Waals surface area contributed by atoms with Crippen LogP contribution in [0.4, 0.5) is 11.9 Å². The van der Waals surface area contributed by atoms with E-state index in [0.717, 1.165) is 32.4 Å². The number of hydrogen-bond acceptors (Lipinski definition) is 7. The smallest absolute Gasteiger partial charge is 0.323 e. The van der Waals surface area contributed by atoms with Gasteiger partial charge in [0.15, 0.2) is 0 Å². The summed E-state index contributed by atoms with van der Waals surface area (Å²) in [5.41, 5.74) is 0. The second kappa shape index (κ2) is 7.40. The predicted octanol–water partition coefficient (Wildman–Crippen LogP) is 1.23. The number of hydrogen-bond donors (Lipinski definition) is 1. The monoisotopic (exact) mass is 294 g/mol. The lowest BCUT2D eigenvalue weighted by molar-refractivity contribution is 0.248. The van der Waals surface area contributed by atoms with Crippen LogP contribution in [-0.4, -0.2) is 66.7 Å². The Morgan fingerprint density at radius 1 is 1.24 bits per heavy atom. The average Bonchev–Trinajstić information content (AvgIpc) is 2.52. The molecule has 1 saturated heterocycles. The Balaban J connectivity index is 2.08. The molecule has 1 fully saturated rings. The third-order valence-electron chi connectivity index (χ3n) is 3.74. The van der Waals surface area contributed by atoms with Crippen LogP contribution in [0.25, 0.3) is 0 Å². The van der Waals surface area contributed by atoms with Crippen LogP contribution in [0.1, 0.15) is 26.2 Å². The van der Waals surface area contributed by atoms with Crippen molar-refractivity contribution in [1.29, 1.82) is 0 Å². The summed E-state index contributed by atoms with van der Waals surface area (Å²) in [4.78, 5) is 17.6. The molecular weight excluding hydrogens is 268 g/mol. The largest absolute Gasteiger partial charge is 0.463 e. The van der Waals surface area contributed by atoms with Gasteiger partial charge >= 0.3 is 6.01 Å². The van der Waals surface area contributed by atoms with Gasteiger partial charge in [-0.2, -0.15) is 15.0 Å². The van der Waals surface area contributed by atoms with Crippen molar-refractivity contribution in [1.82, 2.24) is 19.9 Å². The third kappa shape index (κ3) is 4.17. The molecule has 0 aliphatic carbocycles. The standard InChI is InChI=1S/C14H26N6O/c1-5-10-21-14-17-12(15-2)16-13(18-14)20-8-6-11(7-9-20)19(3)4/h11H,5-10H2,1-4H3,(H,15,16,17,18). The van der Waals surface area contributed by atoms with Gasteiger partial charge in [-0.3, -0.25) is 0 Å². The molecule has 7 nitrogen and oxygen atoms in total. The second-order valence-electron chi connectivity index (χ2n) is 5.52. The summed E-state index contributed by atoms with van der Waals surface area (Å²) in [6.45, 7) is 4.61. The van der Waals surface area contributed by atoms with Crippen LogP contribution in [0.5, 0.6) is 6.01 Å². The van der Waals surface area contributed by atoms with Gasteiger partial charge in [-0.05, 0) is 33.4 Å². The highest BCUT2D eigenvalue weighted by molar-refractivity contribution is 5.38. The van der Waals surface area contributed by atoms with Crippen molar-refractivity contribution in [2.45, 2.75) is 32.2 Å². The zero-order valence-electron chi connectivity index (χ0n) is 13.5. The highest BCUT2D eigenvalue weighted by Gasteiger charge is 2.23. The summed E-state index contributed by atoms with van der Waals surface area (Å²) in [6, 6.07) is 1.05. The van der Waals surface area contributed by atoms with E-state index in [0.29, 0.717) is 30.6 Å². The maximum Gasteiger partial charge on any atom is 0.323 e. The van der Waals surface area contributed by atoms with E-state index in [1.807, 2.05) is 0 Å². The van der Waals surface area contributed by atoms with Crippen LogP contribution in [0.2, 0.25) is 0 Å². The van der Waals surface area contributed by atoms with E-state index in [2.05, 4.69) is 51.1 Å². The van der Waals surface area contributed by atoms with Gasteiger partial charge in [-0.15, -0.1) is 0 Å². The van der Waals surface area contributed by atoms with E-state index in [4.69, 9.17) is 4.74 Å². The van der Waals surface area contributed by atoms with Crippen LogP contribution in [0, 0.1) is 0 Å². The third-order valence-corrected chi connectivity index (χ3v) is 3.74. The molecule has 21 heavy (non-hydrogen) atoms. The normalized spacial score (nSPS) is 16.3. The van der Waals surface area contributed by atoms with Gasteiger partial charge in [0.2, 0.25) is 11.9 Å². The Morgan fingerprint density at radius 3 is 2.52 bits per heavy atom. The van der Waals surface area contributed by atoms with Crippen molar-refractivity contribution in [2.24, 2.45) is 0 Å². The molecule has 0 radical (unpaired) electrons. The fraction of sp³-hybridized carbons (Fsp3) is 0.786. The van der Waals surface area contributed by atoms with E-state index in [1.54, 1.807) is 7.05 Å². The highest BCUT2D eigenvalue weighted by atomic mass is 16.5. The first-order chi connectivity index (χ1) is 10.1. The summed E-state index contributed by atoms with van der Waals surface area (Å²) in [7, 11) is 6.08. The molecule has 118 valence electrons. The summed E-state index contributed by atoms with van der Waals surface area (Å²) >= 11 is 0. The molecule has 1 N–H and O–H groups in total. The van der Waals surface area contributed by atoms with E-state index >= 15 is 0 Å². The zero-order chi connectivity index (χ0) is 15.2. The van der Waals surface area contributed by atoms with E-state index < -0.39 is 0 Å². The summed E-state index contributed by atoms with van der Waals surface area (Å²) in [6.07, 6.45) is 3.18. The molecule has 1 aliphatic heterocycles. The molecular formula is C14H26N6O. The number of piperidine rings is 1. The van der Waals surface area contributed by atoms with E-state index in [9.17, 15) is 0 Å². The maximum atomic E-state index is 5.55. The molecule has 0 unspecified atom stereocenters. The number of nitrogens with zero attached hydrogens (tertiary/aromatic N) is 5. The quantitative estimate of drug-likeness (QED) is 0.846. The molecule has 2 heterocycles. The summed E-state index contributed by atoms with van der Waals surface area (Å²) in [5.74, 6) is 1.26. The van der Waals surface area contributed by atoms with Gasteiger partial charge in [0.05, 0.1) is 6.61 Å². The number of ether oxygens (including phenoxy) is 1. The van der Waals surface area contributed by atoms with Crippen molar-refractivity contribution < 1.29 is 4.74 Å². The predicted molar refractivity (Wildman–Crippen MR) is 84.1 cm³/mol. The Hall–Kier alpha value is -1.63. The number of nitrogens with one attached hydrogen (secondary N) is 1. The molecule has 0 aromatic carbocycles. The summed E-state index contributed by atoms with van der Waals surface area (Å²) < 4.78 is 5.55. The van der Waals surface area contributed by atoms with Gasteiger partial charge in [0.25, 0.3) is 0 Å². The lowest BCUT2D eigenvalue weighted by Crippen LogP contribution is -2.42. The SMILES string of the molecule is CCCOc1nc(NC)nc(N2CCC(N(C)C)CC2)n1. The Labute approximate surface area is 126 Å². The van der Waals surface area contributed by atoms with Crippen LogP contribution in [0.15, 0.2) is 0 Å². The molecule has 1 aliphatic rings. The molecule has 0 atom stereocenters. The lowest BCUT2D eigenvalue weighted by Gasteiger charge is -2.35. The van der Waals surface area contributed by atoms with Crippen molar-refractivity contribution in [3.05, 3.63) is 0 Å². The Morgan fingerprint density at radius 2 is 1.95 bits per heavy atom. The van der Waals surface area contributed by atoms with Crippen LogP contribution >= 0.6 is 0 Å². The highest BCUT2D eigenvalue weighted by Crippen LogP contribution is 2.21. The molecule has 7 heteroatoms. The summed E-state index contributed by atoms with van der Waals surface area (Å²) in [5, 5.41) is 2.97. The topological polar surface area (TPSA) is 66.4 Å². The van der Waals surface area contributed by atoms with Crippen molar-refractivity contribution in [2.75, 3.05) is 51.1 Å². The number of aromatic nitrogens is 3. The molecule has 1 aromatic rings. The van der Waals surface area contributed by atoms with Gasteiger partial charge < -0.3 is 19.9 Å². The molecule has 0 bridgehead atoms.